The van der Waals surface area contributed by atoms with Crippen molar-refractivity contribution >= 4 is 17.7 Å². The molecule has 56 valence electrons. The van der Waals surface area contributed by atoms with Crippen LogP contribution in [0.15, 0.2) is 0 Å². The fourth-order valence-corrected chi connectivity index (χ4v) is 0. The molecule has 0 aliphatic rings. The molecule has 0 aromatic rings. The van der Waals surface area contributed by atoms with E-state index < -0.39 is 17.7 Å². The molecule has 0 aromatic carbocycles. The Kier molecular flexibility index (Phi) is 13.5. The second-order valence-electron chi connectivity index (χ2n) is 0.774. The van der Waals surface area contributed by atoms with Crippen LogP contribution in [0.3, 0.4) is 0 Å². The maximum absolute atomic E-state index is 8.63. The van der Waals surface area contributed by atoms with E-state index in [0.29, 0.717) is 0 Å². The Balaban J connectivity index is -0.0000000910. The molecule has 0 aliphatic carbocycles. The van der Waals surface area contributed by atoms with Gasteiger partial charge in [0.1, 0.15) is 0 Å². The van der Waals surface area contributed by atoms with Crippen molar-refractivity contribution in [3.63, 3.8) is 0 Å². The van der Waals surface area contributed by atoms with E-state index in [1.165, 1.54) is 0 Å². The second kappa shape index (κ2) is 7.92. The van der Waals surface area contributed by atoms with Crippen molar-refractivity contribution in [3.8, 4) is 0 Å². The molecule has 10 heteroatoms. The predicted octanol–water partition coefficient (Wildman–Crippen LogP) is -6.04. The maximum atomic E-state index is 8.63. The third kappa shape index (κ3) is 811. The van der Waals surface area contributed by atoms with Crippen molar-refractivity contribution in [2.75, 3.05) is 0 Å². The van der Waals surface area contributed by atoms with Gasteiger partial charge in [0.05, 0.1) is 0 Å². The molecule has 4 N–H and O–H groups in total. The van der Waals surface area contributed by atoms with Gasteiger partial charge in [0, 0.05) is 0 Å². The fraction of sp³-hybridized carbons (Fsp3) is 0. The third-order valence-corrected chi connectivity index (χ3v) is 0. The molecule has 0 spiro atoms. The molecular weight excluding hydrogens is 178 g/mol. The summed E-state index contributed by atoms with van der Waals surface area (Å²) in [5.74, 6) is 0. The van der Waals surface area contributed by atoms with Crippen molar-refractivity contribution in [1.82, 2.24) is 0 Å². The SMILES string of the molecule is O=S(=O)([O-])O.OB(O)O.[Na+]. The first-order chi connectivity index (χ1) is 3.73. The quantitative estimate of drug-likeness (QED) is 0.166. The zero-order chi connectivity index (χ0) is 8.08. The normalized spacial score (nSPS) is 8.50. The molecule has 0 unspecified atom stereocenters. The van der Waals surface area contributed by atoms with Crippen LogP contribution in [-0.2, 0) is 10.4 Å². The van der Waals surface area contributed by atoms with Gasteiger partial charge in [-0.15, -0.1) is 0 Å². The van der Waals surface area contributed by atoms with Crippen molar-refractivity contribution in [2.45, 2.75) is 0 Å². The molecule has 7 nitrogen and oxygen atoms in total. The largest absolute Gasteiger partial charge is 1.00 e. The van der Waals surface area contributed by atoms with Gasteiger partial charge in [-0.3, -0.25) is 4.55 Å². The Morgan fingerprint density at radius 3 is 1.20 bits per heavy atom. The van der Waals surface area contributed by atoms with E-state index in [0.717, 1.165) is 0 Å². The molecule has 0 radical (unpaired) electrons. The van der Waals surface area contributed by atoms with Crippen LogP contribution < -0.4 is 29.6 Å². The van der Waals surface area contributed by atoms with Gasteiger partial charge in [0.25, 0.3) is 0 Å². The van der Waals surface area contributed by atoms with Crippen molar-refractivity contribution in [1.29, 1.82) is 0 Å². The summed E-state index contributed by atoms with van der Waals surface area (Å²) in [6.45, 7) is 0. The molecule has 10 heavy (non-hydrogen) atoms. The van der Waals surface area contributed by atoms with Crippen LogP contribution in [0.5, 0.6) is 0 Å². The molecule has 0 saturated heterocycles. The van der Waals surface area contributed by atoms with E-state index in [9.17, 15) is 0 Å². The molecule has 0 rings (SSSR count). The average Bonchev–Trinajstić information content (AvgIpc) is 1.19. The van der Waals surface area contributed by atoms with Gasteiger partial charge < -0.3 is 19.6 Å². The summed E-state index contributed by atoms with van der Waals surface area (Å²) in [5, 5.41) is 21.5. The van der Waals surface area contributed by atoms with Crippen LogP contribution in [0, 0.1) is 0 Å². The summed E-state index contributed by atoms with van der Waals surface area (Å²) in [6, 6.07) is 0. The first-order valence-corrected chi connectivity index (χ1v) is 2.82. The van der Waals surface area contributed by atoms with Gasteiger partial charge in [-0.2, -0.15) is 0 Å². The molecule has 0 aliphatic heterocycles. The van der Waals surface area contributed by atoms with Crippen molar-refractivity contribution in [3.05, 3.63) is 0 Å². The predicted molar refractivity (Wildman–Crippen MR) is 24.7 cm³/mol. The third-order valence-electron chi connectivity index (χ3n) is 0. The summed E-state index contributed by atoms with van der Waals surface area (Å²) in [4.78, 5) is 0. The zero-order valence-electron chi connectivity index (χ0n) is 5.00. The van der Waals surface area contributed by atoms with Gasteiger partial charge >= 0.3 is 36.9 Å². The maximum Gasteiger partial charge on any atom is 1.00 e. The van der Waals surface area contributed by atoms with E-state index in [-0.39, 0.29) is 29.6 Å². The molecule has 0 atom stereocenters. The molecule has 0 aromatic heterocycles. The minimum Gasteiger partial charge on any atom is -0.726 e. The summed E-state index contributed by atoms with van der Waals surface area (Å²) < 4.78 is 32.8. The first-order valence-electron chi connectivity index (χ1n) is 1.46. The molecule has 0 heterocycles. The number of hydrogen-bond acceptors (Lipinski definition) is 6. The first kappa shape index (κ1) is 17.1. The monoisotopic (exact) mass is 182 g/mol. The van der Waals surface area contributed by atoms with Crippen molar-refractivity contribution in [2.24, 2.45) is 0 Å². The van der Waals surface area contributed by atoms with Crippen LogP contribution >= 0.6 is 0 Å². The Hall–Kier alpha value is 0.815. The zero-order valence-corrected chi connectivity index (χ0v) is 7.82. The van der Waals surface area contributed by atoms with Gasteiger partial charge in [0.2, 0.25) is 10.4 Å². The number of rotatable bonds is 0. The molecule has 0 saturated carbocycles. The van der Waals surface area contributed by atoms with E-state index in [1.807, 2.05) is 0 Å². The number of hydrogen-bond donors (Lipinski definition) is 4. The van der Waals surface area contributed by atoms with E-state index in [4.69, 9.17) is 32.6 Å². The van der Waals surface area contributed by atoms with Crippen LogP contribution in [0.1, 0.15) is 0 Å². The van der Waals surface area contributed by atoms with E-state index >= 15 is 0 Å². The van der Waals surface area contributed by atoms with Crippen molar-refractivity contribution < 1.29 is 62.2 Å². The van der Waals surface area contributed by atoms with Gasteiger partial charge in [0.15, 0.2) is 0 Å². The summed E-state index contributed by atoms with van der Waals surface area (Å²) in [7, 11) is -7.08. The molecule has 0 bridgehead atoms. The van der Waals surface area contributed by atoms with Gasteiger partial charge in [-0.05, 0) is 0 Å². The smallest absolute Gasteiger partial charge is 0.726 e. The van der Waals surface area contributed by atoms with Crippen LogP contribution in [0.25, 0.3) is 0 Å². The van der Waals surface area contributed by atoms with E-state index in [2.05, 4.69) is 0 Å². The Bertz CT molecular complexity index is 125. The Morgan fingerprint density at radius 1 is 1.20 bits per heavy atom. The molecule has 0 amide bonds. The average molecular weight is 182 g/mol. The van der Waals surface area contributed by atoms with Gasteiger partial charge in [-0.25, -0.2) is 8.42 Å². The molecular formula is H4BNaO7S. The Morgan fingerprint density at radius 2 is 1.20 bits per heavy atom. The summed E-state index contributed by atoms with van der Waals surface area (Å²) >= 11 is 0. The fourth-order valence-electron chi connectivity index (χ4n) is 0. The van der Waals surface area contributed by atoms with Crippen LogP contribution in [0.2, 0.25) is 0 Å². The topological polar surface area (TPSA) is 138 Å². The molecule has 0 fully saturated rings. The Labute approximate surface area is 79.7 Å². The minimum absolute atomic E-state index is 0. The standard InChI is InChI=1S/BH3O3.Na.H2O4S/c2-1(3)4;;1-5(2,3)4/h2-4H;;(H2,1,2,3,4)/q;+1;/p-1. The summed E-state index contributed by atoms with van der Waals surface area (Å²) in [6.07, 6.45) is 0. The van der Waals surface area contributed by atoms with Gasteiger partial charge in [-0.1, -0.05) is 0 Å². The van der Waals surface area contributed by atoms with Crippen LogP contribution in [0.4, 0.5) is 0 Å². The minimum atomic E-state index is -4.92. The van der Waals surface area contributed by atoms with Crippen LogP contribution in [-0.4, -0.2) is 39.9 Å². The summed E-state index contributed by atoms with van der Waals surface area (Å²) in [5.41, 5.74) is 0. The second-order valence-corrected chi connectivity index (χ2v) is 1.63. The van der Waals surface area contributed by atoms with E-state index in [1.54, 1.807) is 0 Å².